The number of rotatable bonds is 3. The van der Waals surface area contributed by atoms with Crippen LogP contribution in [0.2, 0.25) is 0 Å². The zero-order chi connectivity index (χ0) is 13.4. The molecule has 1 aromatic heterocycles. The van der Waals surface area contributed by atoms with Gasteiger partial charge in [0.2, 0.25) is 0 Å². The van der Waals surface area contributed by atoms with Crippen LogP contribution >= 0.6 is 15.9 Å². The third kappa shape index (κ3) is 2.86. The summed E-state index contributed by atoms with van der Waals surface area (Å²) < 4.78 is 1.03. The molecule has 0 radical (unpaired) electrons. The molecule has 0 spiro atoms. The van der Waals surface area contributed by atoms with Gasteiger partial charge in [-0.15, -0.1) is 0 Å². The Morgan fingerprint density at radius 3 is 2.63 bits per heavy atom. The third-order valence-electron chi connectivity index (χ3n) is 4.97. The summed E-state index contributed by atoms with van der Waals surface area (Å²) in [6, 6.07) is 5.92. The van der Waals surface area contributed by atoms with Crippen molar-refractivity contribution >= 4 is 15.9 Å². The number of aromatic nitrogens is 1. The van der Waals surface area contributed by atoms with E-state index in [1.54, 1.807) is 0 Å². The number of hydrogen-bond donors (Lipinski definition) is 1. The molecular formula is C15H22BrN3. The van der Waals surface area contributed by atoms with Gasteiger partial charge < -0.3 is 10.6 Å². The highest BCUT2D eigenvalue weighted by Gasteiger charge is 2.40. The molecule has 2 N–H and O–H groups in total. The van der Waals surface area contributed by atoms with Crippen molar-refractivity contribution < 1.29 is 0 Å². The number of fused-ring (bicyclic) bond motifs is 2. The van der Waals surface area contributed by atoms with Gasteiger partial charge in [-0.25, -0.2) is 0 Å². The average Bonchev–Trinajstić information content (AvgIpc) is 2.64. The number of hydrogen-bond acceptors (Lipinski definition) is 3. The first kappa shape index (κ1) is 13.5. The van der Waals surface area contributed by atoms with Crippen molar-refractivity contribution in [2.45, 2.75) is 50.2 Å². The van der Waals surface area contributed by atoms with Crippen molar-refractivity contribution in [2.24, 2.45) is 11.7 Å². The highest BCUT2D eigenvalue weighted by molar-refractivity contribution is 9.10. The van der Waals surface area contributed by atoms with Crippen LogP contribution in [0.4, 0.5) is 0 Å². The molecule has 2 fully saturated rings. The van der Waals surface area contributed by atoms with Gasteiger partial charge in [-0.2, -0.15) is 0 Å². The fourth-order valence-electron chi connectivity index (χ4n) is 3.74. The lowest BCUT2D eigenvalue weighted by molar-refractivity contribution is 0.120. The molecule has 4 heteroatoms. The molecule has 3 heterocycles. The van der Waals surface area contributed by atoms with Crippen LogP contribution in [-0.4, -0.2) is 35.1 Å². The average molecular weight is 324 g/mol. The number of pyridine rings is 1. The molecule has 3 rings (SSSR count). The fourth-order valence-corrected chi connectivity index (χ4v) is 3.97. The molecule has 19 heavy (non-hydrogen) atoms. The van der Waals surface area contributed by atoms with E-state index in [9.17, 15) is 0 Å². The number of piperidine rings is 1. The Kier molecular flexibility index (Phi) is 3.92. The van der Waals surface area contributed by atoms with E-state index in [0.717, 1.165) is 28.7 Å². The quantitative estimate of drug-likeness (QED) is 0.929. The molecule has 3 unspecified atom stereocenters. The smallest absolute Gasteiger partial charge is 0.0420 e. The molecule has 0 amide bonds. The predicted octanol–water partition coefficient (Wildman–Crippen LogP) is 2.59. The van der Waals surface area contributed by atoms with E-state index in [-0.39, 0.29) is 6.04 Å². The zero-order valence-electron chi connectivity index (χ0n) is 11.4. The maximum Gasteiger partial charge on any atom is 0.0420 e. The Morgan fingerprint density at radius 1 is 1.37 bits per heavy atom. The van der Waals surface area contributed by atoms with Crippen LogP contribution in [0.25, 0.3) is 0 Å². The Morgan fingerprint density at radius 2 is 2.05 bits per heavy atom. The summed E-state index contributed by atoms with van der Waals surface area (Å²) in [5.74, 6) is 0.666. The maximum atomic E-state index is 6.45. The summed E-state index contributed by atoms with van der Waals surface area (Å²) in [4.78, 5) is 7.01. The SMILES string of the molecule is CN1C2CCC1CC(C(N)Cc1ccc(Br)cn1)C2. The predicted molar refractivity (Wildman–Crippen MR) is 80.9 cm³/mol. The van der Waals surface area contributed by atoms with E-state index in [4.69, 9.17) is 5.73 Å². The Balaban J connectivity index is 1.62. The largest absolute Gasteiger partial charge is 0.327 e. The summed E-state index contributed by atoms with van der Waals surface area (Å²) in [7, 11) is 2.28. The molecule has 0 aromatic carbocycles. The van der Waals surface area contributed by atoms with Crippen LogP contribution in [0.5, 0.6) is 0 Å². The molecule has 104 valence electrons. The van der Waals surface area contributed by atoms with Crippen LogP contribution in [-0.2, 0) is 6.42 Å². The van der Waals surface area contributed by atoms with Gasteiger partial charge in [0, 0.05) is 40.9 Å². The van der Waals surface area contributed by atoms with E-state index in [2.05, 4.69) is 38.9 Å². The van der Waals surface area contributed by atoms with Crippen LogP contribution in [0, 0.1) is 5.92 Å². The lowest BCUT2D eigenvalue weighted by atomic mass is 9.83. The van der Waals surface area contributed by atoms with Crippen molar-refractivity contribution in [3.05, 3.63) is 28.5 Å². The standard InChI is InChI=1S/C15H22BrN3/c1-19-13-4-5-14(19)7-10(6-13)15(17)8-12-3-2-11(16)9-18-12/h2-3,9-10,13-15H,4-8,17H2,1H3. The highest BCUT2D eigenvalue weighted by Crippen LogP contribution is 2.38. The van der Waals surface area contributed by atoms with Crippen LogP contribution in [0.15, 0.2) is 22.8 Å². The molecule has 0 aliphatic carbocycles. The molecule has 2 aliphatic heterocycles. The first-order valence-electron chi connectivity index (χ1n) is 7.21. The zero-order valence-corrected chi connectivity index (χ0v) is 13.0. The van der Waals surface area contributed by atoms with Gasteiger partial charge in [-0.3, -0.25) is 4.98 Å². The van der Waals surface area contributed by atoms with E-state index >= 15 is 0 Å². The Hall–Kier alpha value is -0.450. The number of nitrogens with zero attached hydrogens (tertiary/aromatic N) is 2. The van der Waals surface area contributed by atoms with Crippen molar-refractivity contribution in [3.63, 3.8) is 0 Å². The second-order valence-electron chi connectivity index (χ2n) is 6.12. The molecule has 2 saturated heterocycles. The molecule has 0 saturated carbocycles. The van der Waals surface area contributed by atoms with Crippen molar-refractivity contribution in [3.8, 4) is 0 Å². The topological polar surface area (TPSA) is 42.1 Å². The minimum Gasteiger partial charge on any atom is -0.327 e. The van der Waals surface area contributed by atoms with Crippen LogP contribution in [0.3, 0.4) is 0 Å². The van der Waals surface area contributed by atoms with Crippen molar-refractivity contribution in [1.82, 2.24) is 9.88 Å². The molecule has 3 atom stereocenters. The summed E-state index contributed by atoms with van der Waals surface area (Å²) in [5.41, 5.74) is 7.56. The van der Waals surface area contributed by atoms with E-state index < -0.39 is 0 Å². The van der Waals surface area contributed by atoms with E-state index in [1.807, 2.05) is 12.3 Å². The van der Waals surface area contributed by atoms with E-state index in [0.29, 0.717) is 5.92 Å². The van der Waals surface area contributed by atoms with Gasteiger partial charge >= 0.3 is 0 Å². The molecule has 2 bridgehead atoms. The molecule has 2 aliphatic rings. The van der Waals surface area contributed by atoms with Crippen molar-refractivity contribution in [2.75, 3.05) is 7.05 Å². The lowest BCUT2D eigenvalue weighted by Gasteiger charge is -2.38. The second-order valence-corrected chi connectivity index (χ2v) is 7.03. The first-order chi connectivity index (χ1) is 9.13. The van der Waals surface area contributed by atoms with Crippen molar-refractivity contribution in [1.29, 1.82) is 0 Å². The van der Waals surface area contributed by atoms with Gasteiger partial charge in [0.15, 0.2) is 0 Å². The highest BCUT2D eigenvalue weighted by atomic mass is 79.9. The molecular weight excluding hydrogens is 302 g/mol. The second kappa shape index (κ2) is 5.51. The maximum absolute atomic E-state index is 6.45. The molecule has 3 nitrogen and oxygen atoms in total. The monoisotopic (exact) mass is 323 g/mol. The Labute approximate surface area is 123 Å². The minimum atomic E-state index is 0.255. The third-order valence-corrected chi connectivity index (χ3v) is 5.44. The summed E-state index contributed by atoms with van der Waals surface area (Å²) >= 11 is 3.42. The summed E-state index contributed by atoms with van der Waals surface area (Å²) in [6.07, 6.45) is 8.03. The minimum absolute atomic E-state index is 0.255. The fraction of sp³-hybridized carbons (Fsp3) is 0.667. The van der Waals surface area contributed by atoms with Gasteiger partial charge in [-0.1, -0.05) is 0 Å². The lowest BCUT2D eigenvalue weighted by Crippen LogP contribution is -2.46. The summed E-state index contributed by atoms with van der Waals surface area (Å²) in [6.45, 7) is 0. The van der Waals surface area contributed by atoms with Crippen LogP contribution in [0.1, 0.15) is 31.4 Å². The first-order valence-corrected chi connectivity index (χ1v) is 8.00. The van der Waals surface area contributed by atoms with Gasteiger partial charge in [-0.05, 0) is 66.7 Å². The Bertz CT molecular complexity index is 420. The number of halogens is 1. The van der Waals surface area contributed by atoms with E-state index in [1.165, 1.54) is 25.7 Å². The van der Waals surface area contributed by atoms with Crippen LogP contribution < -0.4 is 5.73 Å². The van der Waals surface area contributed by atoms with Gasteiger partial charge in [0.1, 0.15) is 0 Å². The molecule has 1 aromatic rings. The number of nitrogens with two attached hydrogens (primary N) is 1. The normalized spacial score (nSPS) is 32.5. The van der Waals surface area contributed by atoms with Gasteiger partial charge in [0.05, 0.1) is 0 Å². The van der Waals surface area contributed by atoms with Gasteiger partial charge in [0.25, 0.3) is 0 Å². The summed E-state index contributed by atoms with van der Waals surface area (Å²) in [5, 5.41) is 0.